The molecule has 1 atom stereocenters. The first-order valence-electron chi connectivity index (χ1n) is 10.7. The van der Waals surface area contributed by atoms with E-state index in [2.05, 4.69) is 14.9 Å². The fraction of sp³-hybridized carbons (Fsp3) is 0.391. The molecular formula is C23H27ClFN5O3. The molecule has 3 heterocycles. The molecule has 1 aromatic carbocycles. The van der Waals surface area contributed by atoms with Gasteiger partial charge in [-0.25, -0.2) is 14.4 Å². The quantitative estimate of drug-likeness (QED) is 0.508. The number of primary amides is 1. The van der Waals surface area contributed by atoms with Crippen LogP contribution in [0.5, 0.6) is 5.88 Å². The third-order valence-corrected chi connectivity index (χ3v) is 6.11. The van der Waals surface area contributed by atoms with Crippen LogP contribution in [0, 0.1) is 18.7 Å². The van der Waals surface area contributed by atoms with Gasteiger partial charge in [0, 0.05) is 36.3 Å². The van der Waals surface area contributed by atoms with Crippen molar-refractivity contribution < 1.29 is 19.1 Å². The molecule has 0 bridgehead atoms. The van der Waals surface area contributed by atoms with Gasteiger partial charge >= 0.3 is 0 Å². The number of carbonyl (C=O) groups excluding carboxylic acids is 2. The number of amides is 1. The summed E-state index contributed by atoms with van der Waals surface area (Å²) in [5.41, 5.74) is 7.45. The third-order valence-electron chi connectivity index (χ3n) is 6.11. The molecule has 0 radical (unpaired) electrons. The number of benzene rings is 1. The fourth-order valence-electron chi connectivity index (χ4n) is 4.41. The van der Waals surface area contributed by atoms with E-state index < -0.39 is 5.91 Å². The smallest absolute Gasteiger partial charge is 0.271 e. The highest BCUT2D eigenvalue weighted by atomic mass is 35.5. The highest BCUT2D eigenvalue weighted by Crippen LogP contribution is 2.26. The van der Waals surface area contributed by atoms with Gasteiger partial charge in [0.2, 0.25) is 5.88 Å². The minimum atomic E-state index is -0.693. The standard InChI is InChI=1S/C23H26FN5O3.ClH/c1-14-18(23(32)29-13-26-20(21(25)31)22(29)27-14)8-10-28-9-2-3-15(12-28)11-19(30)16-4-6-17(24)7-5-16;/h4-7,13,15,32H,2-3,8-12H2,1H3,(H2,25,31);1H. The number of carbonyl (C=O) groups is 2. The van der Waals surface area contributed by atoms with Gasteiger partial charge in [0.15, 0.2) is 17.1 Å². The van der Waals surface area contributed by atoms with Gasteiger partial charge in [-0.1, -0.05) is 0 Å². The summed E-state index contributed by atoms with van der Waals surface area (Å²) >= 11 is 0. The second-order valence-corrected chi connectivity index (χ2v) is 8.34. The summed E-state index contributed by atoms with van der Waals surface area (Å²) in [5.74, 6) is -0.763. The lowest BCUT2D eigenvalue weighted by Crippen LogP contribution is -2.37. The van der Waals surface area contributed by atoms with E-state index in [-0.39, 0.29) is 47.1 Å². The largest absolute Gasteiger partial charge is 0.494 e. The van der Waals surface area contributed by atoms with E-state index in [9.17, 15) is 19.1 Å². The molecule has 1 amide bonds. The predicted molar refractivity (Wildman–Crippen MR) is 123 cm³/mol. The van der Waals surface area contributed by atoms with Crippen LogP contribution in [-0.2, 0) is 6.42 Å². The van der Waals surface area contributed by atoms with Crippen LogP contribution in [0.4, 0.5) is 4.39 Å². The number of hydrogen-bond acceptors (Lipinski definition) is 6. The average molecular weight is 476 g/mol. The fourth-order valence-corrected chi connectivity index (χ4v) is 4.41. The molecular weight excluding hydrogens is 449 g/mol. The second-order valence-electron chi connectivity index (χ2n) is 8.34. The van der Waals surface area contributed by atoms with Crippen LogP contribution in [0.1, 0.15) is 51.4 Å². The highest BCUT2D eigenvalue weighted by molar-refractivity contribution is 5.97. The summed E-state index contributed by atoms with van der Waals surface area (Å²) in [5, 5.41) is 10.7. The number of likely N-dealkylation sites (tertiary alicyclic amines) is 1. The topological polar surface area (TPSA) is 114 Å². The molecule has 1 aliphatic rings. The highest BCUT2D eigenvalue weighted by Gasteiger charge is 2.24. The molecule has 4 rings (SSSR count). The number of aromatic hydroxyl groups is 1. The first-order chi connectivity index (χ1) is 15.3. The monoisotopic (exact) mass is 475 g/mol. The number of aromatic nitrogens is 3. The lowest BCUT2D eigenvalue weighted by Gasteiger charge is -2.32. The van der Waals surface area contributed by atoms with Gasteiger partial charge in [-0.15, -0.1) is 12.4 Å². The molecule has 1 saturated heterocycles. The minimum Gasteiger partial charge on any atom is -0.494 e. The van der Waals surface area contributed by atoms with E-state index in [4.69, 9.17) is 5.73 Å². The van der Waals surface area contributed by atoms with Crippen molar-refractivity contribution in [1.82, 2.24) is 19.3 Å². The van der Waals surface area contributed by atoms with Crippen LogP contribution >= 0.6 is 12.4 Å². The molecule has 3 N–H and O–H groups in total. The Labute approximate surface area is 197 Å². The number of imidazole rings is 1. The van der Waals surface area contributed by atoms with Crippen molar-refractivity contribution in [3.05, 3.63) is 58.9 Å². The van der Waals surface area contributed by atoms with Crippen LogP contribution in [0.15, 0.2) is 30.6 Å². The van der Waals surface area contributed by atoms with Crippen molar-refractivity contribution in [1.29, 1.82) is 0 Å². The Morgan fingerprint density at radius 2 is 2.00 bits per heavy atom. The van der Waals surface area contributed by atoms with Crippen molar-refractivity contribution in [3.63, 3.8) is 0 Å². The third kappa shape index (κ3) is 5.31. The number of fused-ring (bicyclic) bond motifs is 1. The summed E-state index contributed by atoms with van der Waals surface area (Å²) < 4.78 is 14.5. The van der Waals surface area contributed by atoms with Crippen LogP contribution in [-0.4, -0.2) is 55.7 Å². The SMILES string of the molecule is Cc1nc2c(C(N)=O)ncn2c(O)c1CCN1CCCC(CC(=O)c2ccc(F)cc2)C1.Cl. The van der Waals surface area contributed by atoms with Crippen LogP contribution < -0.4 is 5.73 Å². The molecule has 1 aliphatic heterocycles. The number of piperidine rings is 1. The number of rotatable bonds is 7. The van der Waals surface area contributed by atoms with Crippen molar-refractivity contribution in [2.24, 2.45) is 11.7 Å². The van der Waals surface area contributed by atoms with E-state index >= 15 is 0 Å². The van der Waals surface area contributed by atoms with Crippen molar-refractivity contribution in [2.45, 2.75) is 32.6 Å². The number of halogens is 2. The van der Waals surface area contributed by atoms with E-state index in [1.54, 1.807) is 6.92 Å². The van der Waals surface area contributed by atoms with Gasteiger partial charge in [-0.2, -0.15) is 0 Å². The number of aryl methyl sites for hydroxylation is 1. The van der Waals surface area contributed by atoms with Gasteiger partial charge in [0.1, 0.15) is 12.1 Å². The summed E-state index contributed by atoms with van der Waals surface area (Å²) in [6.45, 7) is 4.21. The second kappa shape index (κ2) is 10.3. The predicted octanol–water partition coefficient (Wildman–Crippen LogP) is 2.93. The summed E-state index contributed by atoms with van der Waals surface area (Å²) in [7, 11) is 0. The molecule has 8 nitrogen and oxygen atoms in total. The van der Waals surface area contributed by atoms with Crippen LogP contribution in [0.2, 0.25) is 0 Å². The van der Waals surface area contributed by atoms with Crippen molar-refractivity contribution in [2.75, 3.05) is 19.6 Å². The number of nitrogens with zero attached hydrogens (tertiary/aromatic N) is 4. The maximum absolute atomic E-state index is 13.1. The van der Waals surface area contributed by atoms with E-state index in [0.717, 1.165) is 25.9 Å². The molecule has 3 aromatic rings. The van der Waals surface area contributed by atoms with Crippen molar-refractivity contribution in [3.8, 4) is 5.88 Å². The lowest BCUT2D eigenvalue weighted by atomic mass is 9.90. The van der Waals surface area contributed by atoms with E-state index in [1.807, 2.05) is 0 Å². The van der Waals surface area contributed by atoms with Gasteiger partial charge < -0.3 is 15.7 Å². The normalized spacial score (nSPS) is 16.5. The molecule has 33 heavy (non-hydrogen) atoms. The zero-order valence-corrected chi connectivity index (χ0v) is 19.1. The van der Waals surface area contributed by atoms with Gasteiger partial charge in [0.05, 0.1) is 0 Å². The van der Waals surface area contributed by atoms with Gasteiger partial charge in [0.25, 0.3) is 5.91 Å². The zero-order valence-electron chi connectivity index (χ0n) is 18.3. The maximum Gasteiger partial charge on any atom is 0.271 e. The molecule has 2 aromatic heterocycles. The molecule has 0 aliphatic carbocycles. The number of ketones is 1. The Morgan fingerprint density at radius 3 is 2.70 bits per heavy atom. The molecule has 1 unspecified atom stereocenters. The Kier molecular flexibility index (Phi) is 7.65. The van der Waals surface area contributed by atoms with Gasteiger partial charge in [-0.05, 0) is 62.9 Å². The number of Topliss-reactive ketones (excluding diaryl/α,β-unsaturated/α-hetero) is 1. The van der Waals surface area contributed by atoms with Gasteiger partial charge in [-0.3, -0.25) is 14.0 Å². The number of nitrogens with two attached hydrogens (primary N) is 1. The maximum atomic E-state index is 13.1. The van der Waals surface area contributed by atoms with E-state index in [0.29, 0.717) is 36.2 Å². The first kappa shape index (κ1) is 24.6. The number of hydrogen-bond donors (Lipinski definition) is 2. The Balaban J connectivity index is 0.00000306. The van der Waals surface area contributed by atoms with Crippen LogP contribution in [0.25, 0.3) is 5.65 Å². The Bertz CT molecular complexity index is 1170. The van der Waals surface area contributed by atoms with Crippen LogP contribution in [0.3, 0.4) is 0 Å². The Morgan fingerprint density at radius 1 is 1.27 bits per heavy atom. The first-order valence-corrected chi connectivity index (χ1v) is 10.7. The average Bonchev–Trinajstić information content (AvgIpc) is 3.18. The zero-order chi connectivity index (χ0) is 22.8. The molecule has 10 heteroatoms. The lowest BCUT2D eigenvalue weighted by molar-refractivity contribution is 0.0917. The molecule has 176 valence electrons. The molecule has 0 saturated carbocycles. The molecule has 1 fully saturated rings. The minimum absolute atomic E-state index is 0. The van der Waals surface area contributed by atoms with E-state index in [1.165, 1.54) is 35.0 Å². The summed E-state index contributed by atoms with van der Waals surface area (Å²) in [6, 6.07) is 5.69. The Hall–Kier alpha value is -3.04. The summed E-state index contributed by atoms with van der Waals surface area (Å²) in [6.07, 6.45) is 4.33. The van der Waals surface area contributed by atoms with Crippen molar-refractivity contribution >= 4 is 29.7 Å². The molecule has 0 spiro atoms. The summed E-state index contributed by atoms with van der Waals surface area (Å²) in [4.78, 5) is 34.7.